The van der Waals surface area contributed by atoms with Crippen molar-refractivity contribution in [1.29, 1.82) is 0 Å². The van der Waals surface area contributed by atoms with Crippen LogP contribution in [0.3, 0.4) is 0 Å². The van der Waals surface area contributed by atoms with E-state index in [0.29, 0.717) is 0 Å². The molecular formula is C8H19ClOSi. The van der Waals surface area contributed by atoms with Crippen LogP contribution in [0.15, 0.2) is 0 Å². The Hall–Kier alpha value is 0.467. The number of halogens is 1. The van der Waals surface area contributed by atoms with Crippen LogP contribution in [0.1, 0.15) is 40.5 Å². The molecular weight excluding hydrogens is 176 g/mol. The third-order valence-corrected chi connectivity index (χ3v) is 2.99. The van der Waals surface area contributed by atoms with E-state index in [1.165, 1.54) is 6.42 Å². The van der Waals surface area contributed by atoms with Crippen LogP contribution in [0.4, 0.5) is 0 Å². The molecule has 0 rings (SSSR count). The van der Waals surface area contributed by atoms with E-state index in [-0.39, 0.29) is 5.60 Å². The molecule has 0 fully saturated rings. The summed E-state index contributed by atoms with van der Waals surface area (Å²) in [6, 6.07) is 0. The molecule has 0 heterocycles. The standard InChI is InChI=1S/C8H19ClOSi/c1-7(2)5-6-8(3,4)10-11-9/h7H,5-6,11H2,1-4H3. The quantitative estimate of drug-likeness (QED) is 0.483. The Morgan fingerprint density at radius 1 is 1.45 bits per heavy atom. The van der Waals surface area contributed by atoms with Gasteiger partial charge in [-0.2, -0.15) is 0 Å². The van der Waals surface area contributed by atoms with Crippen molar-refractivity contribution < 1.29 is 4.43 Å². The topological polar surface area (TPSA) is 9.23 Å². The Balaban J connectivity index is 3.54. The van der Waals surface area contributed by atoms with Gasteiger partial charge in [-0.25, -0.2) is 0 Å². The van der Waals surface area contributed by atoms with Crippen LogP contribution in [0.2, 0.25) is 0 Å². The van der Waals surface area contributed by atoms with Crippen LogP contribution in [-0.4, -0.2) is 14.7 Å². The van der Waals surface area contributed by atoms with Crippen LogP contribution in [0.5, 0.6) is 0 Å². The summed E-state index contributed by atoms with van der Waals surface area (Å²) in [7, 11) is -0.763. The van der Waals surface area contributed by atoms with E-state index in [1.807, 2.05) is 0 Å². The first-order valence-corrected chi connectivity index (χ1v) is 6.89. The average molecular weight is 195 g/mol. The van der Waals surface area contributed by atoms with Crippen LogP contribution >= 0.6 is 11.1 Å². The molecule has 0 aliphatic rings. The lowest BCUT2D eigenvalue weighted by atomic mass is 9.97. The fourth-order valence-electron chi connectivity index (χ4n) is 0.856. The predicted octanol–water partition coefficient (Wildman–Crippen LogP) is 2.46. The van der Waals surface area contributed by atoms with Gasteiger partial charge >= 0.3 is 0 Å². The van der Waals surface area contributed by atoms with Gasteiger partial charge in [-0.05, 0) is 32.6 Å². The Morgan fingerprint density at radius 2 is 2.00 bits per heavy atom. The first kappa shape index (κ1) is 11.5. The van der Waals surface area contributed by atoms with Crippen molar-refractivity contribution in [2.75, 3.05) is 0 Å². The van der Waals surface area contributed by atoms with Gasteiger partial charge in [0.15, 0.2) is 0 Å². The van der Waals surface area contributed by atoms with Gasteiger partial charge in [-0.15, -0.1) is 11.1 Å². The molecule has 0 amide bonds. The molecule has 11 heavy (non-hydrogen) atoms. The second-order valence-corrected chi connectivity index (χ2v) is 5.11. The maximum absolute atomic E-state index is 5.62. The first-order chi connectivity index (χ1) is 4.98. The monoisotopic (exact) mass is 194 g/mol. The SMILES string of the molecule is CC(C)CCC(C)(C)O[SiH2]Cl. The van der Waals surface area contributed by atoms with E-state index in [0.717, 1.165) is 12.3 Å². The average Bonchev–Trinajstić information content (AvgIpc) is 1.84. The van der Waals surface area contributed by atoms with Gasteiger partial charge in [0.1, 0.15) is 0 Å². The molecule has 0 saturated carbocycles. The Bertz CT molecular complexity index is 104. The van der Waals surface area contributed by atoms with E-state index in [9.17, 15) is 0 Å². The highest BCUT2D eigenvalue weighted by molar-refractivity contribution is 6.90. The van der Waals surface area contributed by atoms with E-state index in [1.54, 1.807) is 0 Å². The summed E-state index contributed by atoms with van der Waals surface area (Å²) >= 11 is 5.62. The third-order valence-electron chi connectivity index (χ3n) is 1.77. The summed E-state index contributed by atoms with van der Waals surface area (Å²) in [5, 5.41) is 0. The zero-order chi connectivity index (χ0) is 8.91. The molecule has 0 atom stereocenters. The predicted molar refractivity (Wildman–Crippen MR) is 53.6 cm³/mol. The van der Waals surface area contributed by atoms with Crippen molar-refractivity contribution in [3.8, 4) is 0 Å². The number of rotatable bonds is 5. The summed E-state index contributed by atoms with van der Waals surface area (Å²) in [6.07, 6.45) is 2.34. The number of hydrogen-bond acceptors (Lipinski definition) is 1. The Morgan fingerprint density at radius 3 is 2.36 bits per heavy atom. The first-order valence-electron chi connectivity index (χ1n) is 4.18. The molecule has 0 aromatic carbocycles. The highest BCUT2D eigenvalue weighted by Crippen LogP contribution is 2.19. The van der Waals surface area contributed by atoms with Gasteiger partial charge in [0, 0.05) is 0 Å². The van der Waals surface area contributed by atoms with Gasteiger partial charge in [0.2, 0.25) is 0 Å². The van der Waals surface area contributed by atoms with E-state index in [4.69, 9.17) is 15.5 Å². The van der Waals surface area contributed by atoms with Crippen LogP contribution in [0.25, 0.3) is 0 Å². The molecule has 3 heteroatoms. The van der Waals surface area contributed by atoms with Gasteiger partial charge in [0.25, 0.3) is 9.07 Å². The zero-order valence-electron chi connectivity index (χ0n) is 7.98. The van der Waals surface area contributed by atoms with E-state index in [2.05, 4.69) is 27.7 Å². The summed E-state index contributed by atoms with van der Waals surface area (Å²) in [4.78, 5) is 0. The molecule has 0 aliphatic heterocycles. The molecule has 0 saturated heterocycles. The third kappa shape index (κ3) is 6.85. The minimum Gasteiger partial charge on any atom is -0.403 e. The second-order valence-electron chi connectivity index (χ2n) is 3.95. The zero-order valence-corrected chi connectivity index (χ0v) is 10.2. The molecule has 0 unspecified atom stereocenters. The van der Waals surface area contributed by atoms with Gasteiger partial charge in [-0.1, -0.05) is 13.8 Å². The molecule has 68 valence electrons. The molecule has 0 aromatic heterocycles. The second kappa shape index (κ2) is 5.17. The Labute approximate surface area is 77.1 Å². The molecule has 1 nitrogen and oxygen atoms in total. The minimum absolute atomic E-state index is 0.0121. The van der Waals surface area contributed by atoms with Crippen molar-refractivity contribution in [1.82, 2.24) is 0 Å². The van der Waals surface area contributed by atoms with E-state index >= 15 is 0 Å². The van der Waals surface area contributed by atoms with Crippen molar-refractivity contribution in [2.24, 2.45) is 5.92 Å². The maximum Gasteiger partial charge on any atom is 0.259 e. The smallest absolute Gasteiger partial charge is 0.259 e. The largest absolute Gasteiger partial charge is 0.403 e. The summed E-state index contributed by atoms with van der Waals surface area (Å²) in [6.45, 7) is 8.69. The van der Waals surface area contributed by atoms with Crippen molar-refractivity contribution in [3.63, 3.8) is 0 Å². The lowest BCUT2D eigenvalue weighted by Crippen LogP contribution is -2.25. The Kier molecular flexibility index (Phi) is 5.39. The van der Waals surface area contributed by atoms with Gasteiger partial charge in [-0.3, -0.25) is 0 Å². The summed E-state index contributed by atoms with van der Waals surface area (Å²) in [5.41, 5.74) is 0.0121. The van der Waals surface area contributed by atoms with Crippen molar-refractivity contribution >= 4 is 20.2 Å². The van der Waals surface area contributed by atoms with Gasteiger partial charge in [0.05, 0.1) is 5.60 Å². The van der Waals surface area contributed by atoms with Gasteiger partial charge < -0.3 is 4.43 Å². The van der Waals surface area contributed by atoms with Crippen LogP contribution < -0.4 is 0 Å². The summed E-state index contributed by atoms with van der Waals surface area (Å²) in [5.74, 6) is 0.759. The van der Waals surface area contributed by atoms with Crippen LogP contribution in [0, 0.1) is 5.92 Å². The summed E-state index contributed by atoms with van der Waals surface area (Å²) < 4.78 is 5.48. The molecule has 0 aromatic rings. The molecule has 0 bridgehead atoms. The maximum atomic E-state index is 5.62. The molecule has 0 spiro atoms. The minimum atomic E-state index is -0.763. The highest BCUT2D eigenvalue weighted by atomic mass is 35.6. The van der Waals surface area contributed by atoms with E-state index < -0.39 is 9.07 Å². The van der Waals surface area contributed by atoms with Crippen molar-refractivity contribution in [3.05, 3.63) is 0 Å². The normalized spacial score (nSPS) is 13.6. The lowest BCUT2D eigenvalue weighted by molar-refractivity contribution is 0.103. The van der Waals surface area contributed by atoms with Crippen LogP contribution in [-0.2, 0) is 4.43 Å². The fourth-order valence-corrected chi connectivity index (χ4v) is 2.18. The number of hydrogen-bond donors (Lipinski definition) is 0. The van der Waals surface area contributed by atoms with Crippen molar-refractivity contribution in [2.45, 2.75) is 46.1 Å². The molecule has 0 aliphatic carbocycles. The highest BCUT2D eigenvalue weighted by Gasteiger charge is 2.17. The molecule has 0 radical (unpaired) electrons. The fraction of sp³-hybridized carbons (Fsp3) is 1.00. The lowest BCUT2D eigenvalue weighted by Gasteiger charge is -2.25. The molecule has 0 N–H and O–H groups in total.